The Balaban J connectivity index is -0.000000683. The van der Waals surface area contributed by atoms with E-state index in [4.69, 9.17) is 10.3 Å². The molecule has 0 aliphatic heterocycles. The van der Waals surface area contributed by atoms with Gasteiger partial charge in [-0.2, -0.15) is 0 Å². The first-order valence-corrected chi connectivity index (χ1v) is 21.1. The van der Waals surface area contributed by atoms with Gasteiger partial charge in [-0.3, -0.25) is 0 Å². The Labute approximate surface area is 264 Å². The van der Waals surface area contributed by atoms with Crippen LogP contribution in [-0.2, 0) is 20.0 Å². The minimum absolute atomic E-state index is 0.144. The molecule has 6 nitrogen and oxygen atoms in total. The van der Waals surface area contributed by atoms with Crippen LogP contribution < -0.4 is 10.3 Å². The molecule has 4 N–H and O–H groups in total. The normalized spacial score (nSPS) is 11.4. The van der Waals surface area contributed by atoms with Gasteiger partial charge in [0.15, 0.2) is 0 Å². The monoisotopic (exact) mass is 639 g/mol. The molecule has 0 aromatic heterocycles. The Bertz CT molecular complexity index is 653. The lowest BCUT2D eigenvalue weighted by atomic mass is 10.0. The molecule has 0 rings (SSSR count). The topological polar surface area (TPSA) is 120 Å². The van der Waals surface area contributed by atoms with Crippen LogP contribution in [0.2, 0.25) is 0 Å². The van der Waals surface area contributed by atoms with Crippen molar-refractivity contribution in [3.8, 4) is 0 Å². The zero-order valence-corrected chi connectivity index (χ0v) is 29.9. The summed E-state index contributed by atoms with van der Waals surface area (Å²) in [6.07, 6.45) is 35.7. The van der Waals surface area contributed by atoms with Crippen LogP contribution in [0, 0.1) is 0 Å². The van der Waals surface area contributed by atoms with Crippen molar-refractivity contribution in [1.82, 2.24) is 0 Å². The number of nitrogens with two attached hydrogens (primary N) is 2. The highest BCUT2D eigenvalue weighted by atomic mass is 32.2. The van der Waals surface area contributed by atoms with Gasteiger partial charge in [-0.05, 0) is 12.8 Å². The van der Waals surface area contributed by atoms with E-state index in [1.54, 1.807) is 0 Å². The van der Waals surface area contributed by atoms with Crippen LogP contribution in [0.15, 0.2) is 13.2 Å². The van der Waals surface area contributed by atoms with Crippen LogP contribution in [0.25, 0.3) is 0 Å². The number of hydrogen-bond acceptors (Lipinski definition) is 4. The summed E-state index contributed by atoms with van der Waals surface area (Å²) in [5, 5.41) is 9.91. The molecule has 256 valence electrons. The summed E-state index contributed by atoms with van der Waals surface area (Å²) in [7, 11) is -6.48. The number of rotatable bonds is 30. The predicted octanol–water partition coefficient (Wildman–Crippen LogP) is 10.3. The van der Waals surface area contributed by atoms with Gasteiger partial charge in [-0.1, -0.05) is 181 Å². The molecule has 0 radical (unpaired) electrons. The zero-order chi connectivity index (χ0) is 32.2. The van der Waals surface area contributed by atoms with Crippen LogP contribution in [0.4, 0.5) is 0 Å². The molecule has 0 aromatic rings. The first-order chi connectivity index (χ1) is 20.1. The van der Waals surface area contributed by atoms with Gasteiger partial charge in [0.25, 0.3) is 0 Å². The number of hydrogen-bond donors (Lipinski definition) is 2. The van der Waals surface area contributed by atoms with Gasteiger partial charge in [0.2, 0.25) is 20.0 Å². The molecule has 0 bridgehead atoms. The molecule has 0 atom stereocenters. The fourth-order valence-corrected chi connectivity index (χ4v) is 6.21. The lowest BCUT2D eigenvalue weighted by Crippen LogP contribution is -2.16. The number of unbranched alkanes of at least 4 members (excludes halogenated alkanes) is 26. The quantitative estimate of drug-likeness (QED) is 0.0600. The molecular weight excluding hydrogens is 565 g/mol. The SMILES string of the molecule is C=C.CCCCCCCCCCCCCCCCS(N)(=O)=O.CCCCCCCCCCCCCCCCS(N)(=O)=O. The molecule has 8 heteroatoms. The Kier molecular flexibility index (Phi) is 40.2. The minimum Gasteiger partial charge on any atom is -0.229 e. The Morgan fingerprint density at radius 2 is 0.476 bits per heavy atom. The molecule has 0 aromatic carbocycles. The molecule has 0 heterocycles. The summed E-state index contributed by atoms with van der Waals surface area (Å²) in [5.74, 6) is 0.288. The van der Waals surface area contributed by atoms with Crippen LogP contribution >= 0.6 is 0 Å². The van der Waals surface area contributed by atoms with Gasteiger partial charge in [0.1, 0.15) is 0 Å². The van der Waals surface area contributed by atoms with Crippen molar-refractivity contribution in [3.63, 3.8) is 0 Å². The van der Waals surface area contributed by atoms with Crippen molar-refractivity contribution in [2.75, 3.05) is 11.5 Å². The zero-order valence-electron chi connectivity index (χ0n) is 28.2. The van der Waals surface area contributed by atoms with Crippen molar-refractivity contribution in [2.24, 2.45) is 10.3 Å². The smallest absolute Gasteiger partial charge is 0.209 e. The first-order valence-electron chi connectivity index (χ1n) is 17.6. The molecule has 0 saturated carbocycles. The van der Waals surface area contributed by atoms with E-state index in [1.165, 1.54) is 141 Å². The maximum atomic E-state index is 10.7. The highest BCUT2D eigenvalue weighted by Crippen LogP contribution is 2.14. The highest BCUT2D eigenvalue weighted by molar-refractivity contribution is 7.89. The van der Waals surface area contributed by atoms with Gasteiger partial charge in [0, 0.05) is 0 Å². The van der Waals surface area contributed by atoms with Crippen molar-refractivity contribution in [1.29, 1.82) is 0 Å². The Morgan fingerprint density at radius 1 is 0.333 bits per heavy atom. The molecule has 0 aliphatic carbocycles. The summed E-state index contributed by atoms with van der Waals surface area (Å²) in [5.41, 5.74) is 0. The van der Waals surface area contributed by atoms with Gasteiger partial charge < -0.3 is 0 Å². The van der Waals surface area contributed by atoms with E-state index < -0.39 is 20.0 Å². The molecular formula is C34H74N2O4S2. The van der Waals surface area contributed by atoms with Crippen LogP contribution in [0.3, 0.4) is 0 Å². The fourth-order valence-electron chi connectivity index (χ4n) is 5.00. The first kappa shape index (κ1) is 46.0. The summed E-state index contributed by atoms with van der Waals surface area (Å²) in [6.45, 7) is 10.5. The van der Waals surface area contributed by atoms with Crippen LogP contribution in [0.5, 0.6) is 0 Å². The van der Waals surface area contributed by atoms with E-state index in [-0.39, 0.29) is 11.5 Å². The highest BCUT2D eigenvalue weighted by Gasteiger charge is 2.02. The molecule has 0 unspecified atom stereocenters. The average molecular weight is 639 g/mol. The van der Waals surface area contributed by atoms with Crippen molar-refractivity contribution in [2.45, 2.75) is 194 Å². The second-order valence-electron chi connectivity index (χ2n) is 11.9. The maximum Gasteiger partial charge on any atom is 0.209 e. The molecule has 0 aliphatic rings. The van der Waals surface area contributed by atoms with Crippen LogP contribution in [-0.4, -0.2) is 28.3 Å². The largest absolute Gasteiger partial charge is 0.229 e. The second-order valence-corrected chi connectivity index (χ2v) is 15.4. The third kappa shape index (κ3) is 52.2. The van der Waals surface area contributed by atoms with Crippen molar-refractivity contribution >= 4 is 20.0 Å². The summed E-state index contributed by atoms with van der Waals surface area (Å²) >= 11 is 0. The van der Waals surface area contributed by atoms with E-state index in [9.17, 15) is 16.8 Å². The molecule has 42 heavy (non-hydrogen) atoms. The summed E-state index contributed by atoms with van der Waals surface area (Å²) in [4.78, 5) is 0. The van der Waals surface area contributed by atoms with Crippen molar-refractivity contribution in [3.05, 3.63) is 13.2 Å². The van der Waals surface area contributed by atoms with Gasteiger partial charge >= 0.3 is 0 Å². The van der Waals surface area contributed by atoms with Gasteiger partial charge in [-0.15, -0.1) is 13.2 Å². The van der Waals surface area contributed by atoms with Crippen molar-refractivity contribution < 1.29 is 16.8 Å². The van der Waals surface area contributed by atoms with Gasteiger partial charge in [-0.25, -0.2) is 27.1 Å². The molecule has 0 fully saturated rings. The third-order valence-corrected chi connectivity index (χ3v) is 9.28. The van der Waals surface area contributed by atoms with E-state index in [0.717, 1.165) is 38.5 Å². The predicted molar refractivity (Wildman–Crippen MR) is 188 cm³/mol. The van der Waals surface area contributed by atoms with E-state index in [2.05, 4.69) is 27.0 Å². The van der Waals surface area contributed by atoms with E-state index >= 15 is 0 Å². The second kappa shape index (κ2) is 36.8. The lowest BCUT2D eigenvalue weighted by molar-refractivity contribution is 0.537. The van der Waals surface area contributed by atoms with Crippen LogP contribution in [0.1, 0.15) is 194 Å². The lowest BCUT2D eigenvalue weighted by Gasteiger charge is -2.03. The third-order valence-electron chi connectivity index (χ3n) is 7.56. The minimum atomic E-state index is -3.24. The van der Waals surface area contributed by atoms with E-state index in [1.807, 2.05) is 0 Å². The Hall–Kier alpha value is -0.440. The standard InChI is InChI=1S/2C16H35NO2S.C2H4/c2*1-2-3-4-5-6-7-8-9-10-11-12-13-14-15-16-20(17,18)19;1-2/h2*2-16H2,1H3,(H2,17,18,19);1-2H2. The number of primary sulfonamides is 2. The molecule has 0 spiro atoms. The fraction of sp³-hybridized carbons (Fsp3) is 0.941. The Morgan fingerprint density at radius 3 is 0.619 bits per heavy atom. The summed E-state index contributed by atoms with van der Waals surface area (Å²) < 4.78 is 42.9. The molecule has 0 amide bonds. The maximum absolute atomic E-state index is 10.7. The average Bonchev–Trinajstić information content (AvgIpc) is 2.94. The van der Waals surface area contributed by atoms with E-state index in [0.29, 0.717) is 0 Å². The van der Waals surface area contributed by atoms with Gasteiger partial charge in [0.05, 0.1) is 11.5 Å². The summed E-state index contributed by atoms with van der Waals surface area (Å²) in [6, 6.07) is 0. The molecule has 0 saturated heterocycles. The number of sulfonamides is 2.